The molecule has 0 aromatic heterocycles. The first-order valence-corrected chi connectivity index (χ1v) is 5.58. The molecule has 0 saturated heterocycles. The summed E-state index contributed by atoms with van der Waals surface area (Å²) in [6, 6.07) is 5.00. The van der Waals surface area contributed by atoms with Crippen LogP contribution in [0.1, 0.15) is 20.3 Å². The van der Waals surface area contributed by atoms with Gasteiger partial charge in [0, 0.05) is 37.6 Å². The molecule has 1 aromatic carbocycles. The molecule has 0 unspecified atom stereocenters. The smallest absolute Gasteiger partial charge is 0.270 e. The van der Waals surface area contributed by atoms with Crippen molar-refractivity contribution in [3.63, 3.8) is 0 Å². The minimum Gasteiger partial charge on any atom is -0.383 e. The molecule has 0 fully saturated rings. The Labute approximate surface area is 101 Å². The zero-order valence-electron chi connectivity index (χ0n) is 10.7. The second kappa shape index (κ2) is 5.48. The third kappa shape index (κ3) is 3.31. The minimum absolute atomic E-state index is 0.130. The summed E-state index contributed by atoms with van der Waals surface area (Å²) in [5.74, 6) is 0. The van der Waals surface area contributed by atoms with Crippen LogP contribution in [0.3, 0.4) is 0 Å². The van der Waals surface area contributed by atoms with Gasteiger partial charge in [0.15, 0.2) is 0 Å². The van der Waals surface area contributed by atoms with E-state index < -0.39 is 0 Å². The summed E-state index contributed by atoms with van der Waals surface area (Å²) >= 11 is 0. The highest BCUT2D eigenvalue weighted by molar-refractivity contribution is 5.46. The van der Waals surface area contributed by atoms with Crippen LogP contribution in [0.4, 0.5) is 5.69 Å². The molecular formula is C13H18N2O2. The molecule has 4 nitrogen and oxygen atoms in total. The van der Waals surface area contributed by atoms with Gasteiger partial charge in [-0.2, -0.15) is 0 Å². The van der Waals surface area contributed by atoms with Gasteiger partial charge in [-0.05, 0) is 24.6 Å². The van der Waals surface area contributed by atoms with Crippen molar-refractivity contribution in [1.82, 2.24) is 4.90 Å². The van der Waals surface area contributed by atoms with Crippen LogP contribution in [0.5, 0.6) is 0 Å². The summed E-state index contributed by atoms with van der Waals surface area (Å²) in [7, 11) is 3.81. The average Bonchev–Trinajstić information content (AvgIpc) is 2.27. The van der Waals surface area contributed by atoms with Crippen LogP contribution in [0.25, 0.3) is 11.8 Å². The number of rotatable bonds is 3. The monoisotopic (exact) mass is 234 g/mol. The Balaban J connectivity index is 3.60. The molecule has 0 aliphatic rings. The highest BCUT2D eigenvalue weighted by Gasteiger charge is 2.04. The Morgan fingerprint density at radius 3 is 2.59 bits per heavy atom. The van der Waals surface area contributed by atoms with E-state index in [0.29, 0.717) is 0 Å². The molecule has 4 heteroatoms. The van der Waals surface area contributed by atoms with Gasteiger partial charge in [-0.3, -0.25) is 10.1 Å². The third-order valence-corrected chi connectivity index (χ3v) is 2.63. The minimum atomic E-state index is -0.363. The molecule has 1 aromatic rings. The summed E-state index contributed by atoms with van der Waals surface area (Å²) in [5.41, 5.74) is 1.36. The SMILES string of the molecule is CC/C(C)=c1/ccc([N+](=O)[O-])c/c1=C/N(C)C. The lowest BCUT2D eigenvalue weighted by atomic mass is 10.1. The number of nitrogens with zero attached hydrogens (tertiary/aromatic N) is 2. The second-order valence-electron chi connectivity index (χ2n) is 4.26. The molecule has 0 aliphatic carbocycles. The predicted octanol–water partition coefficient (Wildman–Crippen LogP) is 1.47. The van der Waals surface area contributed by atoms with Crippen LogP contribution < -0.4 is 10.4 Å². The van der Waals surface area contributed by atoms with E-state index in [2.05, 4.69) is 6.92 Å². The molecule has 0 saturated carbocycles. The second-order valence-corrected chi connectivity index (χ2v) is 4.26. The van der Waals surface area contributed by atoms with Crippen LogP contribution >= 0.6 is 0 Å². The van der Waals surface area contributed by atoms with E-state index in [1.54, 1.807) is 12.1 Å². The van der Waals surface area contributed by atoms with Crippen molar-refractivity contribution in [2.24, 2.45) is 0 Å². The summed E-state index contributed by atoms with van der Waals surface area (Å²) in [6.07, 6.45) is 2.84. The van der Waals surface area contributed by atoms with Crippen LogP contribution in [-0.4, -0.2) is 23.9 Å². The van der Waals surface area contributed by atoms with Crippen molar-refractivity contribution >= 4 is 17.5 Å². The van der Waals surface area contributed by atoms with Crippen molar-refractivity contribution < 1.29 is 4.92 Å². The fourth-order valence-electron chi connectivity index (χ4n) is 1.63. The molecule has 0 atom stereocenters. The molecular weight excluding hydrogens is 216 g/mol. The molecule has 1 rings (SSSR count). The van der Waals surface area contributed by atoms with Crippen LogP contribution in [0, 0.1) is 10.1 Å². The molecule has 0 heterocycles. The number of benzene rings is 1. The lowest BCUT2D eigenvalue weighted by molar-refractivity contribution is -0.385. The molecule has 0 N–H and O–H groups in total. The quantitative estimate of drug-likeness (QED) is 0.588. The maximum Gasteiger partial charge on any atom is 0.270 e. The Bertz CT molecular complexity index is 533. The summed E-state index contributed by atoms with van der Waals surface area (Å²) < 4.78 is 0. The van der Waals surface area contributed by atoms with Crippen LogP contribution in [0.15, 0.2) is 18.2 Å². The highest BCUT2D eigenvalue weighted by atomic mass is 16.6. The van der Waals surface area contributed by atoms with E-state index in [0.717, 1.165) is 16.9 Å². The highest BCUT2D eigenvalue weighted by Crippen LogP contribution is 2.04. The van der Waals surface area contributed by atoms with Gasteiger partial charge < -0.3 is 4.90 Å². The zero-order chi connectivity index (χ0) is 13.0. The van der Waals surface area contributed by atoms with Crippen molar-refractivity contribution in [2.45, 2.75) is 20.3 Å². The molecule has 17 heavy (non-hydrogen) atoms. The molecule has 0 spiro atoms. The van der Waals surface area contributed by atoms with E-state index >= 15 is 0 Å². The Morgan fingerprint density at radius 1 is 1.47 bits per heavy atom. The van der Waals surface area contributed by atoms with Crippen LogP contribution in [-0.2, 0) is 0 Å². The van der Waals surface area contributed by atoms with Gasteiger partial charge in [0.2, 0.25) is 0 Å². The van der Waals surface area contributed by atoms with Crippen molar-refractivity contribution in [1.29, 1.82) is 0 Å². The standard InChI is InChI=1S/C13H18N2O2/c1-5-10(2)13-7-6-12(15(16)17)8-11(13)9-14(3)4/h6-9H,5H2,1-4H3/b11-9-,13-10-. The van der Waals surface area contributed by atoms with Gasteiger partial charge in [-0.25, -0.2) is 0 Å². The van der Waals surface area contributed by atoms with E-state index in [-0.39, 0.29) is 10.6 Å². The number of nitro benzene ring substituents is 1. The first kappa shape index (κ1) is 13.2. The van der Waals surface area contributed by atoms with Gasteiger partial charge in [0.05, 0.1) is 4.92 Å². The topological polar surface area (TPSA) is 46.4 Å². The Kier molecular flexibility index (Phi) is 4.26. The largest absolute Gasteiger partial charge is 0.383 e. The molecule has 0 radical (unpaired) electrons. The Hall–Kier alpha value is -1.84. The average molecular weight is 234 g/mol. The van der Waals surface area contributed by atoms with E-state index in [1.807, 2.05) is 38.2 Å². The maximum atomic E-state index is 10.8. The summed E-state index contributed by atoms with van der Waals surface area (Å²) in [5, 5.41) is 12.7. The molecule has 0 amide bonds. The maximum absolute atomic E-state index is 10.8. The summed E-state index contributed by atoms with van der Waals surface area (Å²) in [6.45, 7) is 4.13. The Morgan fingerprint density at radius 2 is 2.12 bits per heavy atom. The van der Waals surface area contributed by atoms with Gasteiger partial charge >= 0.3 is 0 Å². The fourth-order valence-corrected chi connectivity index (χ4v) is 1.63. The van der Waals surface area contributed by atoms with E-state index in [1.165, 1.54) is 5.57 Å². The van der Waals surface area contributed by atoms with Crippen LogP contribution in [0.2, 0.25) is 0 Å². The lowest BCUT2D eigenvalue weighted by Gasteiger charge is -2.05. The van der Waals surface area contributed by atoms with E-state index in [9.17, 15) is 10.1 Å². The first-order valence-electron chi connectivity index (χ1n) is 5.58. The number of hydrogen-bond acceptors (Lipinski definition) is 3. The molecule has 0 aliphatic heterocycles. The van der Waals surface area contributed by atoms with Crippen molar-refractivity contribution in [3.8, 4) is 0 Å². The number of hydrogen-bond donors (Lipinski definition) is 0. The number of nitro groups is 1. The van der Waals surface area contributed by atoms with Gasteiger partial charge in [0.1, 0.15) is 0 Å². The molecule has 0 bridgehead atoms. The number of non-ortho nitro benzene ring substituents is 1. The lowest BCUT2D eigenvalue weighted by Crippen LogP contribution is -2.29. The van der Waals surface area contributed by atoms with E-state index in [4.69, 9.17) is 0 Å². The first-order chi connectivity index (χ1) is 7.95. The summed E-state index contributed by atoms with van der Waals surface area (Å²) in [4.78, 5) is 12.3. The third-order valence-electron chi connectivity index (χ3n) is 2.63. The molecule has 92 valence electrons. The normalized spacial score (nSPS) is 13.5. The van der Waals surface area contributed by atoms with Crippen molar-refractivity contribution in [2.75, 3.05) is 14.1 Å². The van der Waals surface area contributed by atoms with Crippen molar-refractivity contribution in [3.05, 3.63) is 38.8 Å². The van der Waals surface area contributed by atoms with Gasteiger partial charge in [0.25, 0.3) is 5.69 Å². The predicted molar refractivity (Wildman–Crippen MR) is 69.9 cm³/mol. The fraction of sp³-hybridized carbons (Fsp3) is 0.385. The van der Waals surface area contributed by atoms with Gasteiger partial charge in [-0.1, -0.05) is 12.5 Å². The van der Waals surface area contributed by atoms with Gasteiger partial charge in [-0.15, -0.1) is 0 Å². The zero-order valence-corrected chi connectivity index (χ0v) is 10.7.